The van der Waals surface area contributed by atoms with Crippen molar-refractivity contribution < 1.29 is 8.78 Å². The molecule has 0 aliphatic heterocycles. The molecule has 102 valence electrons. The molecular weight excluding hydrogens is 250 g/mol. The first-order chi connectivity index (χ1) is 9.17. The Morgan fingerprint density at radius 3 is 2.84 bits per heavy atom. The molecule has 0 aliphatic carbocycles. The van der Waals surface area contributed by atoms with E-state index in [1.54, 1.807) is 17.9 Å². The van der Waals surface area contributed by atoms with Gasteiger partial charge in [0.15, 0.2) is 0 Å². The number of nitrogens with one attached hydrogen (secondary N) is 1. The highest BCUT2D eigenvalue weighted by Crippen LogP contribution is 2.24. The maximum absolute atomic E-state index is 13.9. The van der Waals surface area contributed by atoms with Gasteiger partial charge in [0, 0.05) is 12.1 Å². The van der Waals surface area contributed by atoms with Crippen molar-refractivity contribution in [2.24, 2.45) is 0 Å². The van der Waals surface area contributed by atoms with Crippen LogP contribution in [0.25, 0.3) is 0 Å². The van der Waals surface area contributed by atoms with E-state index in [-0.39, 0.29) is 5.56 Å². The number of rotatable bonds is 5. The quantitative estimate of drug-likeness (QED) is 0.902. The number of hydrogen-bond acceptors (Lipinski definition) is 3. The van der Waals surface area contributed by atoms with Gasteiger partial charge in [-0.15, -0.1) is 5.10 Å². The molecule has 0 bridgehead atoms. The van der Waals surface area contributed by atoms with Crippen LogP contribution in [0.15, 0.2) is 24.4 Å². The molecule has 4 nitrogen and oxygen atoms in total. The van der Waals surface area contributed by atoms with Crippen molar-refractivity contribution in [3.05, 3.63) is 47.3 Å². The van der Waals surface area contributed by atoms with Gasteiger partial charge >= 0.3 is 0 Å². The molecule has 19 heavy (non-hydrogen) atoms. The molecular formula is C13H16F2N4. The fraction of sp³-hybridized carbons (Fsp3) is 0.385. The predicted octanol–water partition coefficient (Wildman–Crippen LogP) is 2.28. The fourth-order valence-electron chi connectivity index (χ4n) is 2.07. The molecule has 2 aromatic rings. The van der Waals surface area contributed by atoms with Gasteiger partial charge in [0.25, 0.3) is 0 Å². The SMILES string of the molecule is CCCn1nncc1C(NC)c1cc(F)ccc1F. The van der Waals surface area contributed by atoms with Crippen molar-refractivity contribution in [3.63, 3.8) is 0 Å². The van der Waals surface area contributed by atoms with Crippen molar-refractivity contribution in [2.75, 3.05) is 7.05 Å². The third kappa shape index (κ3) is 2.78. The first-order valence-electron chi connectivity index (χ1n) is 6.18. The van der Waals surface area contributed by atoms with E-state index < -0.39 is 17.7 Å². The summed E-state index contributed by atoms with van der Waals surface area (Å²) in [6.45, 7) is 2.70. The second-order valence-corrected chi connectivity index (χ2v) is 4.27. The maximum atomic E-state index is 13.9. The summed E-state index contributed by atoms with van der Waals surface area (Å²) in [5.41, 5.74) is 0.969. The minimum Gasteiger partial charge on any atom is -0.308 e. The molecule has 0 radical (unpaired) electrons. The smallest absolute Gasteiger partial charge is 0.128 e. The molecule has 1 N–H and O–H groups in total. The molecule has 1 unspecified atom stereocenters. The second-order valence-electron chi connectivity index (χ2n) is 4.27. The molecule has 6 heteroatoms. The zero-order valence-corrected chi connectivity index (χ0v) is 10.9. The fourth-order valence-corrected chi connectivity index (χ4v) is 2.07. The van der Waals surface area contributed by atoms with E-state index in [1.165, 1.54) is 6.07 Å². The van der Waals surface area contributed by atoms with Gasteiger partial charge < -0.3 is 5.32 Å². The van der Waals surface area contributed by atoms with Crippen LogP contribution >= 0.6 is 0 Å². The van der Waals surface area contributed by atoms with Crippen LogP contribution in [0, 0.1) is 11.6 Å². The molecule has 2 rings (SSSR count). The molecule has 0 amide bonds. The zero-order chi connectivity index (χ0) is 13.8. The molecule has 0 spiro atoms. The Morgan fingerprint density at radius 2 is 2.16 bits per heavy atom. The van der Waals surface area contributed by atoms with E-state index >= 15 is 0 Å². The van der Waals surface area contributed by atoms with E-state index in [2.05, 4.69) is 15.6 Å². The number of halogens is 2. The number of benzene rings is 1. The Morgan fingerprint density at radius 1 is 1.37 bits per heavy atom. The van der Waals surface area contributed by atoms with Crippen molar-refractivity contribution in [1.29, 1.82) is 0 Å². The summed E-state index contributed by atoms with van der Waals surface area (Å²) in [5, 5.41) is 10.8. The van der Waals surface area contributed by atoms with Gasteiger partial charge in [-0.25, -0.2) is 13.5 Å². The predicted molar refractivity (Wildman–Crippen MR) is 67.6 cm³/mol. The van der Waals surface area contributed by atoms with Gasteiger partial charge in [-0.2, -0.15) is 0 Å². The van der Waals surface area contributed by atoms with Crippen molar-refractivity contribution in [2.45, 2.75) is 25.9 Å². The highest BCUT2D eigenvalue weighted by molar-refractivity contribution is 5.28. The third-order valence-corrected chi connectivity index (χ3v) is 2.94. The summed E-state index contributed by atoms with van der Waals surface area (Å²) in [5.74, 6) is -0.920. The lowest BCUT2D eigenvalue weighted by Crippen LogP contribution is -2.22. The van der Waals surface area contributed by atoms with Gasteiger partial charge in [-0.3, -0.25) is 0 Å². The lowest BCUT2D eigenvalue weighted by molar-refractivity contribution is 0.504. The number of nitrogens with zero attached hydrogens (tertiary/aromatic N) is 3. The Labute approximate surface area is 110 Å². The largest absolute Gasteiger partial charge is 0.308 e. The minimum atomic E-state index is -0.475. The summed E-state index contributed by atoms with van der Waals surface area (Å²) in [4.78, 5) is 0. The monoisotopic (exact) mass is 266 g/mol. The van der Waals surface area contributed by atoms with Crippen LogP contribution < -0.4 is 5.32 Å². The van der Waals surface area contributed by atoms with Crippen molar-refractivity contribution in [1.82, 2.24) is 20.3 Å². The van der Waals surface area contributed by atoms with Crippen LogP contribution in [-0.4, -0.2) is 22.0 Å². The molecule has 1 aromatic carbocycles. The van der Waals surface area contributed by atoms with Crippen LogP contribution in [0.5, 0.6) is 0 Å². The van der Waals surface area contributed by atoms with Gasteiger partial charge in [0.05, 0.1) is 17.9 Å². The lowest BCUT2D eigenvalue weighted by Gasteiger charge is -2.18. The van der Waals surface area contributed by atoms with Gasteiger partial charge in [-0.05, 0) is 31.7 Å². The Hall–Kier alpha value is -1.82. The van der Waals surface area contributed by atoms with Crippen LogP contribution in [0.3, 0.4) is 0 Å². The summed E-state index contributed by atoms with van der Waals surface area (Å²) >= 11 is 0. The first-order valence-corrected chi connectivity index (χ1v) is 6.18. The molecule has 0 saturated heterocycles. The number of aromatic nitrogens is 3. The van der Waals surface area contributed by atoms with E-state index in [0.717, 1.165) is 18.6 Å². The van der Waals surface area contributed by atoms with E-state index in [9.17, 15) is 8.78 Å². The van der Waals surface area contributed by atoms with E-state index in [0.29, 0.717) is 12.2 Å². The standard InChI is InChI=1S/C13H16F2N4/c1-3-6-19-12(8-17-18-19)13(16-2)10-7-9(14)4-5-11(10)15/h4-5,7-8,13,16H,3,6H2,1-2H3. The third-order valence-electron chi connectivity index (χ3n) is 2.94. The molecule has 0 fully saturated rings. The highest BCUT2D eigenvalue weighted by atomic mass is 19.1. The zero-order valence-electron chi connectivity index (χ0n) is 10.9. The number of hydrogen-bond donors (Lipinski definition) is 1. The Bertz CT molecular complexity index is 553. The lowest BCUT2D eigenvalue weighted by atomic mass is 10.0. The average Bonchev–Trinajstić information content (AvgIpc) is 2.83. The van der Waals surface area contributed by atoms with Crippen LogP contribution in [-0.2, 0) is 6.54 Å². The second kappa shape index (κ2) is 5.88. The summed E-state index contributed by atoms with van der Waals surface area (Å²) in [6.07, 6.45) is 2.46. The summed E-state index contributed by atoms with van der Waals surface area (Å²) in [7, 11) is 1.69. The normalized spacial score (nSPS) is 12.6. The van der Waals surface area contributed by atoms with Crippen LogP contribution in [0.1, 0.15) is 30.6 Å². The summed E-state index contributed by atoms with van der Waals surface area (Å²) in [6, 6.07) is 2.95. The molecule has 1 heterocycles. The molecule has 1 aromatic heterocycles. The Balaban J connectivity index is 2.44. The van der Waals surface area contributed by atoms with E-state index in [4.69, 9.17) is 0 Å². The molecule has 0 saturated carbocycles. The number of aryl methyl sites for hydroxylation is 1. The van der Waals surface area contributed by atoms with Crippen LogP contribution in [0.2, 0.25) is 0 Å². The first kappa shape index (κ1) is 13.6. The van der Waals surface area contributed by atoms with E-state index in [1.807, 2.05) is 6.92 Å². The van der Waals surface area contributed by atoms with Crippen molar-refractivity contribution >= 4 is 0 Å². The van der Waals surface area contributed by atoms with Crippen molar-refractivity contribution in [3.8, 4) is 0 Å². The van der Waals surface area contributed by atoms with Crippen LogP contribution in [0.4, 0.5) is 8.78 Å². The van der Waals surface area contributed by atoms with Gasteiger partial charge in [0.2, 0.25) is 0 Å². The van der Waals surface area contributed by atoms with Gasteiger partial charge in [-0.1, -0.05) is 12.1 Å². The summed E-state index contributed by atoms with van der Waals surface area (Å²) < 4.78 is 28.9. The highest BCUT2D eigenvalue weighted by Gasteiger charge is 2.21. The van der Waals surface area contributed by atoms with Gasteiger partial charge in [0.1, 0.15) is 11.6 Å². The average molecular weight is 266 g/mol. The topological polar surface area (TPSA) is 42.7 Å². The maximum Gasteiger partial charge on any atom is 0.128 e. The molecule has 0 aliphatic rings. The minimum absolute atomic E-state index is 0.252. The molecule has 1 atom stereocenters. The Kier molecular flexibility index (Phi) is 4.21.